The number of terminal acetylenes is 1. The second kappa shape index (κ2) is 4.88. The molecule has 0 aliphatic carbocycles. The van der Waals surface area contributed by atoms with Crippen molar-refractivity contribution in [2.24, 2.45) is 0 Å². The van der Waals surface area contributed by atoms with E-state index in [4.69, 9.17) is 11.2 Å². The first-order valence-corrected chi connectivity index (χ1v) is 4.33. The second-order valence-corrected chi connectivity index (χ2v) is 3.69. The average molecular weight is 183 g/mol. The van der Waals surface area contributed by atoms with Crippen molar-refractivity contribution in [1.29, 1.82) is 0 Å². The van der Waals surface area contributed by atoms with Crippen LogP contribution in [0.3, 0.4) is 0 Å². The van der Waals surface area contributed by atoms with E-state index >= 15 is 0 Å². The molecule has 0 aliphatic rings. The van der Waals surface area contributed by atoms with Gasteiger partial charge < -0.3 is 4.74 Å². The van der Waals surface area contributed by atoms with Crippen LogP contribution >= 0.6 is 0 Å². The number of carbonyl (C=O) groups excluding carboxylic acids is 1. The number of nitrogens with one attached hydrogen (secondary N) is 1. The standard InChI is InChI=1S/C10H17NO2/c1-6-8(11-7-2)9(12)13-10(3,4)5/h1,8,11H,7H2,2-5H3. The fourth-order valence-corrected chi connectivity index (χ4v) is 0.775. The summed E-state index contributed by atoms with van der Waals surface area (Å²) in [6.07, 6.45) is 5.17. The molecule has 0 spiro atoms. The van der Waals surface area contributed by atoms with Crippen molar-refractivity contribution in [3.05, 3.63) is 0 Å². The molecule has 0 rings (SSSR count). The SMILES string of the molecule is C#CC(NCC)C(=O)OC(C)(C)C. The Kier molecular flexibility index (Phi) is 4.50. The molecule has 74 valence electrons. The minimum Gasteiger partial charge on any atom is -0.458 e. The van der Waals surface area contributed by atoms with Gasteiger partial charge in [-0.2, -0.15) is 0 Å². The van der Waals surface area contributed by atoms with Crippen LogP contribution in [0.15, 0.2) is 0 Å². The molecule has 0 aromatic rings. The van der Waals surface area contributed by atoms with Crippen LogP contribution in [0.2, 0.25) is 0 Å². The zero-order valence-electron chi connectivity index (χ0n) is 8.68. The molecule has 0 aromatic carbocycles. The molecule has 0 saturated heterocycles. The van der Waals surface area contributed by atoms with E-state index in [0.29, 0.717) is 6.54 Å². The summed E-state index contributed by atoms with van der Waals surface area (Å²) >= 11 is 0. The molecule has 0 fully saturated rings. The first-order chi connectivity index (χ1) is 5.90. The van der Waals surface area contributed by atoms with Crippen LogP contribution in [-0.4, -0.2) is 24.2 Å². The van der Waals surface area contributed by atoms with Crippen molar-refractivity contribution in [3.63, 3.8) is 0 Å². The van der Waals surface area contributed by atoms with Crippen LogP contribution < -0.4 is 5.32 Å². The van der Waals surface area contributed by atoms with E-state index in [0.717, 1.165) is 0 Å². The van der Waals surface area contributed by atoms with Gasteiger partial charge >= 0.3 is 5.97 Å². The molecular weight excluding hydrogens is 166 g/mol. The molecule has 0 heterocycles. The summed E-state index contributed by atoms with van der Waals surface area (Å²) < 4.78 is 5.10. The molecule has 0 amide bonds. The predicted molar refractivity (Wildman–Crippen MR) is 52.1 cm³/mol. The molecule has 0 saturated carbocycles. The summed E-state index contributed by atoms with van der Waals surface area (Å²) in [5, 5.41) is 2.84. The number of hydrogen-bond acceptors (Lipinski definition) is 3. The fraction of sp³-hybridized carbons (Fsp3) is 0.700. The molecule has 0 radical (unpaired) electrons. The number of esters is 1. The zero-order chi connectivity index (χ0) is 10.5. The highest BCUT2D eigenvalue weighted by Gasteiger charge is 2.22. The third-order valence-corrected chi connectivity index (χ3v) is 1.22. The van der Waals surface area contributed by atoms with Crippen molar-refractivity contribution < 1.29 is 9.53 Å². The molecule has 1 atom stereocenters. The minimum atomic E-state index is -0.635. The maximum Gasteiger partial charge on any atom is 0.336 e. The first-order valence-electron chi connectivity index (χ1n) is 4.33. The van der Waals surface area contributed by atoms with Crippen molar-refractivity contribution in [2.45, 2.75) is 39.3 Å². The lowest BCUT2D eigenvalue weighted by Gasteiger charge is -2.21. The summed E-state index contributed by atoms with van der Waals surface area (Å²) in [5.74, 6) is 1.95. The Morgan fingerprint density at radius 2 is 2.15 bits per heavy atom. The highest BCUT2D eigenvalue weighted by atomic mass is 16.6. The predicted octanol–water partition coefficient (Wildman–Crippen LogP) is 0.939. The van der Waals surface area contributed by atoms with Crippen molar-refractivity contribution in [2.75, 3.05) is 6.54 Å². The normalized spacial score (nSPS) is 13.2. The monoisotopic (exact) mass is 183 g/mol. The summed E-state index contributed by atoms with van der Waals surface area (Å²) in [4.78, 5) is 11.4. The Balaban J connectivity index is 4.17. The van der Waals surface area contributed by atoms with Crippen LogP contribution in [0, 0.1) is 12.3 Å². The Labute approximate surface area is 79.8 Å². The minimum absolute atomic E-state index is 0.392. The van der Waals surface area contributed by atoms with E-state index in [1.54, 1.807) is 0 Å². The fourth-order valence-electron chi connectivity index (χ4n) is 0.775. The number of carbonyl (C=O) groups is 1. The van der Waals surface area contributed by atoms with Gasteiger partial charge in [0.05, 0.1) is 0 Å². The number of rotatable bonds is 3. The lowest BCUT2D eigenvalue weighted by molar-refractivity contribution is -0.155. The van der Waals surface area contributed by atoms with Gasteiger partial charge in [0, 0.05) is 0 Å². The highest BCUT2D eigenvalue weighted by molar-refractivity contribution is 5.79. The molecule has 1 unspecified atom stereocenters. The summed E-state index contributed by atoms with van der Waals surface area (Å²) in [7, 11) is 0. The van der Waals surface area contributed by atoms with Crippen LogP contribution in [0.1, 0.15) is 27.7 Å². The van der Waals surface area contributed by atoms with Gasteiger partial charge in [0.1, 0.15) is 5.60 Å². The van der Waals surface area contributed by atoms with E-state index in [2.05, 4.69) is 11.2 Å². The van der Waals surface area contributed by atoms with Gasteiger partial charge in [-0.25, -0.2) is 4.79 Å². The molecule has 1 N–H and O–H groups in total. The molecule has 0 bridgehead atoms. The first kappa shape index (κ1) is 12.0. The van der Waals surface area contributed by atoms with Gasteiger partial charge in [-0.05, 0) is 27.3 Å². The average Bonchev–Trinajstić information content (AvgIpc) is 1.96. The summed E-state index contributed by atoms with van der Waals surface area (Å²) in [6.45, 7) is 7.96. The third kappa shape index (κ3) is 5.26. The Hall–Kier alpha value is -1.01. The quantitative estimate of drug-likeness (QED) is 0.522. The third-order valence-electron chi connectivity index (χ3n) is 1.22. The molecule has 3 heteroatoms. The van der Waals surface area contributed by atoms with Crippen molar-refractivity contribution in [3.8, 4) is 12.3 Å². The topological polar surface area (TPSA) is 38.3 Å². The number of ether oxygens (including phenoxy) is 1. The lowest BCUT2D eigenvalue weighted by Crippen LogP contribution is -2.40. The van der Waals surface area contributed by atoms with Gasteiger partial charge in [0.15, 0.2) is 6.04 Å². The summed E-state index contributed by atoms with van der Waals surface area (Å²) in [6, 6.07) is -0.635. The van der Waals surface area contributed by atoms with Gasteiger partial charge in [-0.15, -0.1) is 6.42 Å². The van der Waals surface area contributed by atoms with Crippen LogP contribution in [0.5, 0.6) is 0 Å². The molecule has 0 aliphatic heterocycles. The van der Waals surface area contributed by atoms with E-state index in [1.807, 2.05) is 27.7 Å². The molecule has 13 heavy (non-hydrogen) atoms. The molecule has 0 aromatic heterocycles. The van der Waals surface area contributed by atoms with Crippen LogP contribution in [0.25, 0.3) is 0 Å². The lowest BCUT2D eigenvalue weighted by atomic mass is 10.2. The summed E-state index contributed by atoms with van der Waals surface area (Å²) in [5.41, 5.74) is -0.485. The van der Waals surface area contributed by atoms with E-state index < -0.39 is 17.6 Å². The Morgan fingerprint density at radius 3 is 2.46 bits per heavy atom. The van der Waals surface area contributed by atoms with E-state index in [-0.39, 0.29) is 0 Å². The Bertz CT molecular complexity index is 210. The van der Waals surface area contributed by atoms with Crippen molar-refractivity contribution >= 4 is 5.97 Å². The number of hydrogen-bond donors (Lipinski definition) is 1. The van der Waals surface area contributed by atoms with Gasteiger partial charge in [0.2, 0.25) is 0 Å². The van der Waals surface area contributed by atoms with Crippen LogP contribution in [-0.2, 0) is 9.53 Å². The van der Waals surface area contributed by atoms with Crippen LogP contribution in [0.4, 0.5) is 0 Å². The zero-order valence-corrected chi connectivity index (χ0v) is 8.68. The van der Waals surface area contributed by atoms with Gasteiger partial charge in [-0.1, -0.05) is 12.8 Å². The second-order valence-electron chi connectivity index (χ2n) is 3.69. The molecule has 3 nitrogen and oxygen atoms in total. The van der Waals surface area contributed by atoms with E-state index in [9.17, 15) is 4.79 Å². The maximum atomic E-state index is 11.4. The van der Waals surface area contributed by atoms with Gasteiger partial charge in [-0.3, -0.25) is 5.32 Å². The highest BCUT2D eigenvalue weighted by Crippen LogP contribution is 2.07. The smallest absolute Gasteiger partial charge is 0.336 e. The molecular formula is C10H17NO2. The van der Waals surface area contributed by atoms with Crippen molar-refractivity contribution in [1.82, 2.24) is 5.32 Å². The number of likely N-dealkylation sites (N-methyl/N-ethyl adjacent to an activating group) is 1. The Morgan fingerprint density at radius 1 is 1.62 bits per heavy atom. The maximum absolute atomic E-state index is 11.4. The van der Waals surface area contributed by atoms with E-state index in [1.165, 1.54) is 0 Å². The largest absolute Gasteiger partial charge is 0.458 e. The van der Waals surface area contributed by atoms with Gasteiger partial charge in [0.25, 0.3) is 0 Å².